The number of para-hydroxylation sites is 1. The molecule has 31 heavy (non-hydrogen) atoms. The summed E-state index contributed by atoms with van der Waals surface area (Å²) in [6, 6.07) is 18.7. The van der Waals surface area contributed by atoms with Crippen molar-refractivity contribution in [3.05, 3.63) is 105 Å². The third-order valence-electron chi connectivity index (χ3n) is 4.22. The molecule has 1 N–H and O–H groups in total. The third-order valence-corrected chi connectivity index (χ3v) is 5.04. The van der Waals surface area contributed by atoms with E-state index < -0.39 is 4.92 Å². The van der Waals surface area contributed by atoms with Crippen LogP contribution in [0.4, 0.5) is 11.4 Å². The molecular weight excluding hydrogens is 482 g/mol. The molecule has 4 aromatic rings. The molecule has 0 saturated heterocycles. The number of nitrogens with one attached hydrogen (secondary N) is 1. The Hall–Kier alpha value is -3.63. The Balaban J connectivity index is 0.00000272. The van der Waals surface area contributed by atoms with Gasteiger partial charge in [-0.15, -0.1) is 28.3 Å². The lowest BCUT2D eigenvalue weighted by molar-refractivity contribution is -0.384. The number of nitrogens with zero attached hydrogens (tertiary/aromatic N) is 4. The Morgan fingerprint density at radius 2 is 1.71 bits per heavy atom. The van der Waals surface area contributed by atoms with Gasteiger partial charge in [0.2, 0.25) is 4.80 Å². The maximum Gasteiger partial charge on any atom is 0.270 e. The van der Waals surface area contributed by atoms with E-state index in [9.17, 15) is 14.9 Å². The van der Waals surface area contributed by atoms with E-state index in [1.807, 2.05) is 35.7 Å². The van der Waals surface area contributed by atoms with Crippen molar-refractivity contribution in [3.8, 4) is 11.3 Å². The first-order chi connectivity index (χ1) is 14.6. The van der Waals surface area contributed by atoms with Gasteiger partial charge in [-0.2, -0.15) is 0 Å². The van der Waals surface area contributed by atoms with Crippen molar-refractivity contribution in [3.63, 3.8) is 0 Å². The number of hydrogen-bond acceptors (Lipinski definition) is 6. The van der Waals surface area contributed by atoms with E-state index in [0.717, 1.165) is 5.69 Å². The highest BCUT2D eigenvalue weighted by atomic mass is 79.9. The molecule has 0 aliphatic rings. The molecule has 8 nitrogen and oxygen atoms in total. The first-order valence-corrected chi connectivity index (χ1v) is 9.76. The molecule has 10 heteroatoms. The number of thiazole rings is 1. The molecular formula is C21H16BrN5O3S. The monoisotopic (exact) mass is 497 g/mol. The van der Waals surface area contributed by atoms with Gasteiger partial charge in [0.05, 0.1) is 16.3 Å². The van der Waals surface area contributed by atoms with Crippen LogP contribution in [0.3, 0.4) is 0 Å². The van der Waals surface area contributed by atoms with Crippen molar-refractivity contribution in [1.29, 1.82) is 0 Å². The van der Waals surface area contributed by atoms with Gasteiger partial charge < -0.3 is 0 Å². The van der Waals surface area contributed by atoms with Crippen molar-refractivity contribution in [2.75, 3.05) is 5.43 Å². The molecule has 0 saturated carbocycles. The van der Waals surface area contributed by atoms with Crippen molar-refractivity contribution >= 4 is 45.6 Å². The lowest BCUT2D eigenvalue weighted by atomic mass is 10.1. The molecule has 0 spiro atoms. The fourth-order valence-electron chi connectivity index (χ4n) is 2.73. The Morgan fingerprint density at radius 3 is 2.35 bits per heavy atom. The highest BCUT2D eigenvalue weighted by molar-refractivity contribution is 8.93. The van der Waals surface area contributed by atoms with Gasteiger partial charge >= 0.3 is 0 Å². The molecule has 0 atom stereocenters. The summed E-state index contributed by atoms with van der Waals surface area (Å²) in [7, 11) is 0. The Kier molecular flexibility index (Phi) is 7.06. The fourth-order valence-corrected chi connectivity index (χ4v) is 3.60. The fraction of sp³-hybridized carbons (Fsp3) is 0. The largest absolute Gasteiger partial charge is 0.270 e. The lowest BCUT2D eigenvalue weighted by Gasteiger charge is -2.11. The van der Waals surface area contributed by atoms with E-state index in [4.69, 9.17) is 0 Å². The molecule has 0 fully saturated rings. The van der Waals surface area contributed by atoms with Crippen LogP contribution in [-0.2, 0) is 0 Å². The number of carbonyl (C=O) groups is 1. The molecule has 4 rings (SSSR count). The summed E-state index contributed by atoms with van der Waals surface area (Å²) in [5.74, 6) is -0.325. The molecule has 2 aromatic heterocycles. The number of rotatable bonds is 5. The summed E-state index contributed by atoms with van der Waals surface area (Å²) in [5, 5.41) is 12.8. The number of hydrogen-bond donors (Lipinski definition) is 1. The average molecular weight is 498 g/mol. The molecule has 0 aliphatic heterocycles. The smallest absolute Gasteiger partial charge is 0.267 e. The average Bonchev–Trinajstić information content (AvgIpc) is 3.17. The van der Waals surface area contributed by atoms with Gasteiger partial charge in [0, 0.05) is 41.0 Å². The number of non-ortho nitro benzene ring substituents is 1. The maximum absolute atomic E-state index is 12.8. The molecule has 0 unspecified atom stereocenters. The van der Waals surface area contributed by atoms with Crippen LogP contribution in [0.15, 0.2) is 89.5 Å². The highest BCUT2D eigenvalue weighted by Gasteiger charge is 2.14. The second kappa shape index (κ2) is 9.92. The minimum Gasteiger partial charge on any atom is -0.267 e. The van der Waals surface area contributed by atoms with Crippen LogP contribution in [0, 0.1) is 10.1 Å². The number of amides is 1. The lowest BCUT2D eigenvalue weighted by Crippen LogP contribution is -2.31. The Bertz CT molecular complexity index is 1260. The van der Waals surface area contributed by atoms with Gasteiger partial charge in [-0.3, -0.25) is 25.3 Å². The van der Waals surface area contributed by atoms with E-state index in [-0.39, 0.29) is 28.6 Å². The van der Waals surface area contributed by atoms with Gasteiger partial charge in [0.25, 0.3) is 11.6 Å². The first-order valence-electron chi connectivity index (χ1n) is 8.88. The summed E-state index contributed by atoms with van der Waals surface area (Å²) in [6.45, 7) is 0. The van der Waals surface area contributed by atoms with Crippen LogP contribution >= 0.6 is 28.3 Å². The van der Waals surface area contributed by atoms with Crippen molar-refractivity contribution in [2.45, 2.75) is 0 Å². The van der Waals surface area contributed by atoms with Crippen LogP contribution < -0.4 is 10.2 Å². The van der Waals surface area contributed by atoms with Crippen molar-refractivity contribution < 1.29 is 9.72 Å². The minimum atomic E-state index is -0.452. The van der Waals surface area contributed by atoms with Gasteiger partial charge in [-0.1, -0.05) is 18.2 Å². The summed E-state index contributed by atoms with van der Waals surface area (Å²) in [6.07, 6.45) is 3.08. The number of nitro benzene ring substituents is 1. The first kappa shape index (κ1) is 22.1. The Labute approximate surface area is 191 Å². The van der Waals surface area contributed by atoms with Gasteiger partial charge in [-0.25, -0.2) is 9.67 Å². The summed E-state index contributed by atoms with van der Waals surface area (Å²) in [4.78, 5) is 32.4. The molecule has 0 radical (unpaired) electrons. The number of pyridine rings is 1. The second-order valence-corrected chi connectivity index (χ2v) is 7.00. The van der Waals surface area contributed by atoms with Crippen LogP contribution in [0.5, 0.6) is 0 Å². The van der Waals surface area contributed by atoms with E-state index in [1.165, 1.54) is 23.5 Å². The number of aromatic nitrogens is 2. The second-order valence-electron chi connectivity index (χ2n) is 6.17. The molecule has 1 amide bonds. The highest BCUT2D eigenvalue weighted by Crippen LogP contribution is 2.23. The zero-order valence-corrected chi connectivity index (χ0v) is 18.4. The number of carbonyl (C=O) groups excluding carboxylic acids is 1. The summed E-state index contributed by atoms with van der Waals surface area (Å²) < 4.78 is 1.58. The zero-order chi connectivity index (χ0) is 20.9. The van der Waals surface area contributed by atoms with E-state index in [2.05, 4.69) is 15.4 Å². The molecule has 0 bridgehead atoms. The SMILES string of the molecule is Br.O=C(Nn1c(-c2ccc([N+](=O)[O-])cc2)csc1=Nc1ccccc1)c1ccncc1. The van der Waals surface area contributed by atoms with Gasteiger partial charge in [0.1, 0.15) is 0 Å². The number of benzene rings is 2. The maximum atomic E-state index is 12.8. The molecule has 2 aromatic carbocycles. The number of nitro groups is 1. The van der Waals surface area contributed by atoms with Crippen molar-refractivity contribution in [1.82, 2.24) is 9.66 Å². The summed E-state index contributed by atoms with van der Waals surface area (Å²) >= 11 is 1.35. The van der Waals surface area contributed by atoms with Crippen LogP contribution in [0.2, 0.25) is 0 Å². The van der Waals surface area contributed by atoms with E-state index in [1.54, 1.807) is 41.3 Å². The van der Waals surface area contributed by atoms with Gasteiger partial charge in [-0.05, 0) is 36.4 Å². The standard InChI is InChI=1S/C21H15N5O3S.BrH/c27-20(16-10-12-22-13-11-16)24-25-19(15-6-8-18(9-7-15)26(28)29)14-30-21(25)23-17-4-2-1-3-5-17;/h1-14H,(H,24,27);1H. The number of halogens is 1. The van der Waals surface area contributed by atoms with E-state index in [0.29, 0.717) is 21.6 Å². The van der Waals surface area contributed by atoms with Crippen molar-refractivity contribution in [2.24, 2.45) is 4.99 Å². The Morgan fingerprint density at radius 1 is 1.03 bits per heavy atom. The van der Waals surface area contributed by atoms with Gasteiger partial charge in [0.15, 0.2) is 0 Å². The normalized spacial score (nSPS) is 10.9. The predicted octanol–water partition coefficient (Wildman–Crippen LogP) is 4.71. The topological polar surface area (TPSA) is 102 Å². The van der Waals surface area contributed by atoms with Crippen LogP contribution in [0.1, 0.15) is 10.4 Å². The molecule has 0 aliphatic carbocycles. The quantitative estimate of drug-likeness (QED) is 0.318. The predicted molar refractivity (Wildman–Crippen MR) is 124 cm³/mol. The molecule has 156 valence electrons. The van der Waals surface area contributed by atoms with Crippen LogP contribution in [-0.4, -0.2) is 20.5 Å². The third kappa shape index (κ3) is 5.11. The zero-order valence-electron chi connectivity index (χ0n) is 15.9. The van der Waals surface area contributed by atoms with E-state index >= 15 is 0 Å². The van der Waals surface area contributed by atoms with Crippen LogP contribution in [0.25, 0.3) is 11.3 Å². The summed E-state index contributed by atoms with van der Waals surface area (Å²) in [5.41, 5.74) is 5.41. The minimum absolute atomic E-state index is 0. The molecule has 2 heterocycles.